The van der Waals surface area contributed by atoms with Gasteiger partial charge in [-0.3, -0.25) is 0 Å². The number of rotatable bonds is 8. The zero-order valence-electron chi connectivity index (χ0n) is 12.4. The van der Waals surface area contributed by atoms with Crippen molar-refractivity contribution < 1.29 is 0 Å². The van der Waals surface area contributed by atoms with Crippen LogP contribution in [0.3, 0.4) is 0 Å². The van der Waals surface area contributed by atoms with Gasteiger partial charge in [-0.1, -0.05) is 25.4 Å². The lowest BCUT2D eigenvalue weighted by Crippen LogP contribution is -2.19. The van der Waals surface area contributed by atoms with Crippen molar-refractivity contribution in [1.29, 1.82) is 0 Å². The quantitative estimate of drug-likeness (QED) is 0.736. The van der Waals surface area contributed by atoms with E-state index in [4.69, 9.17) is 11.6 Å². The fourth-order valence-corrected chi connectivity index (χ4v) is 3.01. The van der Waals surface area contributed by atoms with Gasteiger partial charge in [0.1, 0.15) is 0 Å². The van der Waals surface area contributed by atoms with Crippen LogP contribution in [-0.4, -0.2) is 37.8 Å². The molecular formula is C15H25ClN2S. The van der Waals surface area contributed by atoms with E-state index >= 15 is 0 Å². The molecule has 4 heteroatoms. The van der Waals surface area contributed by atoms with Gasteiger partial charge in [-0.25, -0.2) is 0 Å². The second kappa shape index (κ2) is 8.85. The zero-order chi connectivity index (χ0) is 14.3. The van der Waals surface area contributed by atoms with E-state index < -0.39 is 0 Å². The number of nitrogens with one attached hydrogen (secondary N) is 1. The van der Waals surface area contributed by atoms with Crippen molar-refractivity contribution in [3.8, 4) is 0 Å². The van der Waals surface area contributed by atoms with E-state index in [1.165, 1.54) is 10.5 Å². The fourth-order valence-electron chi connectivity index (χ4n) is 1.66. The third-order valence-corrected chi connectivity index (χ3v) is 4.02. The molecule has 2 nitrogen and oxygen atoms in total. The molecule has 1 N–H and O–H groups in total. The first-order chi connectivity index (χ1) is 8.99. The van der Waals surface area contributed by atoms with Gasteiger partial charge in [0, 0.05) is 28.8 Å². The highest BCUT2D eigenvalue weighted by molar-refractivity contribution is 7.99. The van der Waals surface area contributed by atoms with Crippen LogP contribution in [0.15, 0.2) is 23.1 Å². The summed E-state index contributed by atoms with van der Waals surface area (Å²) in [5, 5.41) is 4.30. The van der Waals surface area contributed by atoms with Crippen molar-refractivity contribution in [2.45, 2.75) is 25.3 Å². The standard InChI is InChI=1S/C15H25ClN2S/c1-12(2)10-17-11-13-9-14(16)5-6-15(13)19-8-7-18(3)4/h5-6,9,12,17H,7-8,10-11H2,1-4H3. The van der Waals surface area contributed by atoms with E-state index in [1.54, 1.807) is 0 Å². The first kappa shape index (κ1) is 16.8. The average molecular weight is 301 g/mol. The molecule has 0 radical (unpaired) electrons. The molecule has 0 bridgehead atoms. The molecule has 0 fully saturated rings. The maximum Gasteiger partial charge on any atom is 0.0410 e. The van der Waals surface area contributed by atoms with Crippen molar-refractivity contribution in [3.63, 3.8) is 0 Å². The highest BCUT2D eigenvalue weighted by Crippen LogP contribution is 2.25. The summed E-state index contributed by atoms with van der Waals surface area (Å²) in [6.07, 6.45) is 0. The summed E-state index contributed by atoms with van der Waals surface area (Å²) in [7, 11) is 4.21. The highest BCUT2D eigenvalue weighted by atomic mass is 35.5. The topological polar surface area (TPSA) is 15.3 Å². The van der Waals surface area contributed by atoms with Gasteiger partial charge >= 0.3 is 0 Å². The summed E-state index contributed by atoms with van der Waals surface area (Å²) in [5.74, 6) is 1.77. The smallest absolute Gasteiger partial charge is 0.0410 e. The van der Waals surface area contributed by atoms with Crippen LogP contribution in [0, 0.1) is 5.92 Å². The second-order valence-electron chi connectivity index (χ2n) is 5.43. The normalized spacial score (nSPS) is 11.5. The number of nitrogens with zero attached hydrogens (tertiary/aromatic N) is 1. The van der Waals surface area contributed by atoms with Gasteiger partial charge in [-0.2, -0.15) is 0 Å². The first-order valence-corrected chi connectivity index (χ1v) is 8.12. The molecule has 0 aliphatic carbocycles. The van der Waals surface area contributed by atoms with Crippen molar-refractivity contribution in [3.05, 3.63) is 28.8 Å². The lowest BCUT2D eigenvalue weighted by atomic mass is 10.2. The molecule has 1 aromatic rings. The predicted molar refractivity (Wildman–Crippen MR) is 87.3 cm³/mol. The average Bonchev–Trinajstić information content (AvgIpc) is 2.31. The van der Waals surface area contributed by atoms with E-state index in [0.717, 1.165) is 30.4 Å². The molecular weight excluding hydrogens is 276 g/mol. The van der Waals surface area contributed by atoms with Gasteiger partial charge < -0.3 is 10.2 Å². The summed E-state index contributed by atoms with van der Waals surface area (Å²) >= 11 is 8.00. The Morgan fingerprint density at radius 3 is 2.68 bits per heavy atom. The lowest BCUT2D eigenvalue weighted by Gasteiger charge is -2.13. The van der Waals surface area contributed by atoms with Crippen LogP contribution in [0.1, 0.15) is 19.4 Å². The minimum Gasteiger partial charge on any atom is -0.312 e. The zero-order valence-corrected chi connectivity index (χ0v) is 13.9. The van der Waals surface area contributed by atoms with Crippen molar-refractivity contribution >= 4 is 23.4 Å². The second-order valence-corrected chi connectivity index (χ2v) is 7.00. The van der Waals surface area contributed by atoms with Crippen LogP contribution in [0.2, 0.25) is 5.02 Å². The third kappa shape index (κ3) is 7.21. The SMILES string of the molecule is CC(C)CNCc1cc(Cl)ccc1SCCN(C)C. The Hall–Kier alpha value is -0.220. The molecule has 0 saturated carbocycles. The molecule has 0 aliphatic rings. The van der Waals surface area contributed by atoms with Crippen molar-refractivity contribution in [1.82, 2.24) is 10.2 Å². The van der Waals surface area contributed by atoms with Gasteiger partial charge in [0.2, 0.25) is 0 Å². The van der Waals surface area contributed by atoms with Gasteiger partial charge in [-0.05, 0) is 50.3 Å². The largest absolute Gasteiger partial charge is 0.312 e. The van der Waals surface area contributed by atoms with Crippen LogP contribution in [0.25, 0.3) is 0 Å². The number of halogens is 1. The highest BCUT2D eigenvalue weighted by Gasteiger charge is 2.05. The summed E-state index contributed by atoms with van der Waals surface area (Å²) in [6.45, 7) is 7.46. The minimum atomic E-state index is 0.670. The molecule has 108 valence electrons. The van der Waals surface area contributed by atoms with Crippen molar-refractivity contribution in [2.24, 2.45) is 5.92 Å². The van der Waals surface area contributed by atoms with Gasteiger partial charge in [0.15, 0.2) is 0 Å². The fraction of sp³-hybridized carbons (Fsp3) is 0.600. The summed E-state index contributed by atoms with van der Waals surface area (Å²) in [5.41, 5.74) is 1.30. The maximum atomic E-state index is 6.10. The Kier molecular flexibility index (Phi) is 7.84. The Balaban J connectivity index is 2.58. The Bertz CT molecular complexity index is 380. The summed E-state index contributed by atoms with van der Waals surface area (Å²) in [6, 6.07) is 6.19. The van der Waals surface area contributed by atoms with Crippen LogP contribution in [-0.2, 0) is 6.54 Å². The molecule has 0 aliphatic heterocycles. The number of thioether (sulfide) groups is 1. The van der Waals surface area contributed by atoms with Crippen LogP contribution < -0.4 is 5.32 Å². The summed E-state index contributed by atoms with van der Waals surface area (Å²) < 4.78 is 0. The lowest BCUT2D eigenvalue weighted by molar-refractivity contribution is 0.437. The predicted octanol–water partition coefficient (Wildman–Crippen LogP) is 3.74. The number of hydrogen-bond acceptors (Lipinski definition) is 3. The molecule has 1 aromatic carbocycles. The third-order valence-electron chi connectivity index (χ3n) is 2.69. The molecule has 0 aromatic heterocycles. The van der Waals surface area contributed by atoms with Gasteiger partial charge in [0.05, 0.1) is 0 Å². The maximum absolute atomic E-state index is 6.10. The molecule has 0 spiro atoms. The van der Waals surface area contributed by atoms with Gasteiger partial charge in [0.25, 0.3) is 0 Å². The van der Waals surface area contributed by atoms with Crippen LogP contribution in [0.4, 0.5) is 0 Å². The van der Waals surface area contributed by atoms with Crippen molar-refractivity contribution in [2.75, 3.05) is 32.9 Å². The number of hydrogen-bond donors (Lipinski definition) is 1. The summed E-state index contributed by atoms with van der Waals surface area (Å²) in [4.78, 5) is 3.54. The molecule has 1 rings (SSSR count). The Labute approximate surface area is 126 Å². The molecule has 0 atom stereocenters. The van der Waals surface area contributed by atoms with Gasteiger partial charge in [-0.15, -0.1) is 11.8 Å². The van der Waals surface area contributed by atoms with E-state index in [-0.39, 0.29) is 0 Å². The minimum absolute atomic E-state index is 0.670. The molecule has 19 heavy (non-hydrogen) atoms. The first-order valence-electron chi connectivity index (χ1n) is 6.75. The number of benzene rings is 1. The Morgan fingerprint density at radius 1 is 1.32 bits per heavy atom. The van der Waals surface area contributed by atoms with E-state index in [0.29, 0.717) is 5.92 Å². The van der Waals surface area contributed by atoms with Crippen LogP contribution >= 0.6 is 23.4 Å². The molecule has 0 unspecified atom stereocenters. The Morgan fingerprint density at radius 2 is 2.05 bits per heavy atom. The van der Waals surface area contributed by atoms with Crippen LogP contribution in [0.5, 0.6) is 0 Å². The van der Waals surface area contributed by atoms with E-state index in [2.05, 4.69) is 50.3 Å². The molecule has 0 amide bonds. The molecule has 0 heterocycles. The van der Waals surface area contributed by atoms with E-state index in [9.17, 15) is 0 Å². The van der Waals surface area contributed by atoms with E-state index in [1.807, 2.05) is 17.8 Å². The molecule has 0 saturated heterocycles. The monoisotopic (exact) mass is 300 g/mol.